The molecule has 0 radical (unpaired) electrons. The quantitative estimate of drug-likeness (QED) is 0.0883. The molecule has 2 unspecified atom stereocenters. The van der Waals surface area contributed by atoms with Gasteiger partial charge in [-0.3, -0.25) is 9.59 Å². The Morgan fingerprint density at radius 2 is 0.703 bits per heavy atom. The average Bonchev–Trinajstić information content (AvgIpc) is 2.85. The van der Waals surface area contributed by atoms with E-state index in [2.05, 4.69) is 13.8 Å². The highest BCUT2D eigenvalue weighted by atomic mass is 32.2. The van der Waals surface area contributed by atoms with E-state index in [9.17, 15) is 19.8 Å². The standard InChI is InChI=1S/C32H62O4S/c1-3-5-7-9-11-13-15-17-19-21-23-25-29(27-31(33)34)37-30(28-32(35)36)26-24-22-20-18-16-14-12-10-8-6-4-2/h29-30H,3-28H2,1-2H3,(H,33,34)(H,35,36). The summed E-state index contributed by atoms with van der Waals surface area (Å²) in [5, 5.41) is 18.9. The summed E-state index contributed by atoms with van der Waals surface area (Å²) in [5.74, 6) is -1.52. The van der Waals surface area contributed by atoms with Crippen LogP contribution in [0.5, 0.6) is 0 Å². The van der Waals surface area contributed by atoms with Crippen molar-refractivity contribution in [2.75, 3.05) is 0 Å². The summed E-state index contributed by atoms with van der Waals surface area (Å²) in [7, 11) is 0. The van der Waals surface area contributed by atoms with Gasteiger partial charge in [0.2, 0.25) is 0 Å². The molecule has 0 aliphatic heterocycles. The fourth-order valence-corrected chi connectivity index (χ4v) is 6.80. The van der Waals surface area contributed by atoms with Gasteiger partial charge in [0, 0.05) is 10.5 Å². The molecule has 0 aliphatic carbocycles. The van der Waals surface area contributed by atoms with E-state index < -0.39 is 11.9 Å². The molecule has 0 saturated carbocycles. The molecule has 0 aromatic carbocycles. The second kappa shape index (κ2) is 28.3. The number of unbranched alkanes of at least 4 members (excludes halogenated alkanes) is 20. The van der Waals surface area contributed by atoms with Gasteiger partial charge in [-0.2, -0.15) is 11.8 Å². The summed E-state index contributed by atoms with van der Waals surface area (Å²) in [4.78, 5) is 22.9. The topological polar surface area (TPSA) is 74.6 Å². The molecule has 5 heteroatoms. The Bertz CT molecular complexity index is 467. The Hall–Kier alpha value is -0.710. The zero-order valence-corrected chi connectivity index (χ0v) is 25.5. The lowest BCUT2D eigenvalue weighted by Gasteiger charge is -2.21. The number of hydrogen-bond donors (Lipinski definition) is 2. The Morgan fingerprint density at radius 1 is 0.459 bits per heavy atom. The molecule has 0 aromatic rings. The van der Waals surface area contributed by atoms with Gasteiger partial charge in [-0.25, -0.2) is 0 Å². The Labute approximate surface area is 234 Å². The molecule has 2 N–H and O–H groups in total. The fraction of sp³-hybridized carbons (Fsp3) is 0.938. The van der Waals surface area contributed by atoms with Gasteiger partial charge < -0.3 is 10.2 Å². The van der Waals surface area contributed by atoms with Crippen LogP contribution in [0.25, 0.3) is 0 Å². The maximum atomic E-state index is 11.4. The van der Waals surface area contributed by atoms with Gasteiger partial charge in [0.05, 0.1) is 12.8 Å². The lowest BCUT2D eigenvalue weighted by atomic mass is 10.0. The van der Waals surface area contributed by atoms with Crippen LogP contribution in [0.4, 0.5) is 0 Å². The van der Waals surface area contributed by atoms with Gasteiger partial charge >= 0.3 is 11.9 Å². The van der Waals surface area contributed by atoms with E-state index in [1.807, 2.05) is 0 Å². The van der Waals surface area contributed by atoms with Crippen LogP contribution in [-0.2, 0) is 9.59 Å². The molecule has 4 nitrogen and oxygen atoms in total. The van der Waals surface area contributed by atoms with Crippen LogP contribution in [0, 0.1) is 0 Å². The lowest BCUT2D eigenvalue weighted by molar-refractivity contribution is -0.137. The summed E-state index contributed by atoms with van der Waals surface area (Å²) in [6.45, 7) is 4.51. The third kappa shape index (κ3) is 28.1. The Balaban J connectivity index is 4.09. The minimum Gasteiger partial charge on any atom is -0.481 e. The van der Waals surface area contributed by atoms with Crippen LogP contribution in [0.2, 0.25) is 0 Å². The molecule has 220 valence electrons. The van der Waals surface area contributed by atoms with Crippen LogP contribution in [0.3, 0.4) is 0 Å². The maximum absolute atomic E-state index is 11.4. The van der Waals surface area contributed by atoms with Crippen molar-refractivity contribution < 1.29 is 19.8 Å². The summed E-state index contributed by atoms with van der Waals surface area (Å²) < 4.78 is 0. The number of hydrogen-bond acceptors (Lipinski definition) is 3. The average molecular weight is 543 g/mol. The summed E-state index contributed by atoms with van der Waals surface area (Å²) in [5.41, 5.74) is 0. The maximum Gasteiger partial charge on any atom is 0.304 e. The first-order valence-electron chi connectivity index (χ1n) is 16.1. The molecule has 0 bridgehead atoms. The molecular formula is C32H62O4S. The fourth-order valence-electron chi connectivity index (χ4n) is 5.17. The third-order valence-electron chi connectivity index (χ3n) is 7.45. The molecule has 37 heavy (non-hydrogen) atoms. The highest BCUT2D eigenvalue weighted by molar-refractivity contribution is 8.00. The van der Waals surface area contributed by atoms with Crippen LogP contribution in [0.15, 0.2) is 0 Å². The number of carboxylic acid groups (broad SMARTS) is 2. The second-order valence-corrected chi connectivity index (χ2v) is 12.8. The minimum absolute atomic E-state index is 0.0353. The van der Waals surface area contributed by atoms with E-state index in [0.29, 0.717) is 0 Å². The summed E-state index contributed by atoms with van der Waals surface area (Å²) in [6, 6.07) is 0. The molecule has 0 fully saturated rings. The first-order chi connectivity index (χ1) is 18.0. The summed E-state index contributed by atoms with van der Waals surface area (Å²) >= 11 is 1.65. The van der Waals surface area contributed by atoms with Gasteiger partial charge in [0.25, 0.3) is 0 Å². The highest BCUT2D eigenvalue weighted by Gasteiger charge is 2.21. The monoisotopic (exact) mass is 542 g/mol. The highest BCUT2D eigenvalue weighted by Crippen LogP contribution is 2.31. The molecule has 0 spiro atoms. The molecule has 2 atom stereocenters. The van der Waals surface area contributed by atoms with Crippen molar-refractivity contribution in [3.63, 3.8) is 0 Å². The van der Waals surface area contributed by atoms with Gasteiger partial charge in [-0.1, -0.05) is 155 Å². The molecule has 0 amide bonds. The van der Waals surface area contributed by atoms with Crippen molar-refractivity contribution in [3.05, 3.63) is 0 Å². The van der Waals surface area contributed by atoms with Gasteiger partial charge in [0.15, 0.2) is 0 Å². The number of aliphatic carboxylic acids is 2. The van der Waals surface area contributed by atoms with Crippen LogP contribution >= 0.6 is 11.8 Å². The van der Waals surface area contributed by atoms with E-state index in [1.165, 1.54) is 116 Å². The van der Waals surface area contributed by atoms with Gasteiger partial charge in [-0.05, 0) is 12.8 Å². The molecular weight excluding hydrogens is 480 g/mol. The van der Waals surface area contributed by atoms with Crippen molar-refractivity contribution in [1.82, 2.24) is 0 Å². The second-order valence-electron chi connectivity index (χ2n) is 11.2. The Morgan fingerprint density at radius 3 is 0.946 bits per heavy atom. The molecule has 0 rings (SSSR count). The largest absolute Gasteiger partial charge is 0.481 e. The van der Waals surface area contributed by atoms with Crippen molar-refractivity contribution in [2.45, 2.75) is 191 Å². The van der Waals surface area contributed by atoms with Crippen LogP contribution < -0.4 is 0 Å². The van der Waals surface area contributed by atoms with E-state index in [4.69, 9.17) is 0 Å². The van der Waals surface area contributed by atoms with Crippen molar-refractivity contribution in [2.24, 2.45) is 0 Å². The van der Waals surface area contributed by atoms with Crippen molar-refractivity contribution in [1.29, 1.82) is 0 Å². The first kappa shape index (κ1) is 36.3. The SMILES string of the molecule is CCCCCCCCCCCCCC(CC(=O)O)SC(CCCCCCCCCCCCC)CC(=O)O. The van der Waals surface area contributed by atoms with E-state index in [-0.39, 0.29) is 23.3 Å². The predicted molar refractivity (Wildman–Crippen MR) is 162 cm³/mol. The number of carbonyl (C=O) groups is 2. The first-order valence-corrected chi connectivity index (χ1v) is 17.0. The predicted octanol–water partition coefficient (Wildman–Crippen LogP) is 10.8. The normalized spacial score (nSPS) is 13.0. The van der Waals surface area contributed by atoms with E-state index in [0.717, 1.165) is 38.5 Å². The smallest absolute Gasteiger partial charge is 0.304 e. The minimum atomic E-state index is -0.760. The molecule has 0 aromatic heterocycles. The third-order valence-corrected chi connectivity index (χ3v) is 9.02. The zero-order chi connectivity index (χ0) is 27.4. The molecule has 0 saturated heterocycles. The zero-order valence-electron chi connectivity index (χ0n) is 24.7. The van der Waals surface area contributed by atoms with Gasteiger partial charge in [-0.15, -0.1) is 0 Å². The van der Waals surface area contributed by atoms with E-state index >= 15 is 0 Å². The number of rotatable bonds is 30. The van der Waals surface area contributed by atoms with Crippen molar-refractivity contribution >= 4 is 23.7 Å². The van der Waals surface area contributed by atoms with Crippen molar-refractivity contribution in [3.8, 4) is 0 Å². The molecule has 0 aliphatic rings. The Kier molecular flexibility index (Phi) is 27.8. The number of carboxylic acids is 2. The molecule has 0 heterocycles. The number of thioether (sulfide) groups is 1. The van der Waals surface area contributed by atoms with Crippen LogP contribution in [0.1, 0.15) is 181 Å². The van der Waals surface area contributed by atoms with E-state index in [1.54, 1.807) is 11.8 Å². The van der Waals surface area contributed by atoms with Gasteiger partial charge in [0.1, 0.15) is 0 Å². The summed E-state index contributed by atoms with van der Waals surface area (Å²) in [6.07, 6.45) is 30.4. The lowest BCUT2D eigenvalue weighted by Crippen LogP contribution is -2.18. The van der Waals surface area contributed by atoms with Crippen LogP contribution in [-0.4, -0.2) is 32.7 Å².